The summed E-state index contributed by atoms with van der Waals surface area (Å²) in [6, 6.07) is 11.2. The molecule has 3 rings (SSSR count). The molecule has 0 saturated carbocycles. The van der Waals surface area contributed by atoms with E-state index in [9.17, 15) is 4.79 Å². The van der Waals surface area contributed by atoms with E-state index < -0.39 is 0 Å². The Morgan fingerprint density at radius 2 is 2.12 bits per heavy atom. The Labute approximate surface area is 156 Å². The number of nitrogens with zero attached hydrogens (tertiary/aromatic N) is 1. The molecular formula is C18H20ClN3O2S. The lowest BCUT2D eigenvalue weighted by Crippen LogP contribution is -2.26. The standard InChI is InChI=1S/C18H20ClN3O2S/c1-12-9-14(22-7-8-24-11-25-22)4-5-15(12)18(23)21-13-3-6-16(19)17(10-13)20-2/h3-6,9-10,20H,7-8,11H2,1-2H3,(H,21,23). The summed E-state index contributed by atoms with van der Waals surface area (Å²) in [6.45, 7) is 3.51. The zero-order chi connectivity index (χ0) is 17.8. The van der Waals surface area contributed by atoms with Crippen molar-refractivity contribution in [2.75, 3.05) is 41.1 Å². The van der Waals surface area contributed by atoms with Crippen molar-refractivity contribution in [1.82, 2.24) is 0 Å². The highest BCUT2D eigenvalue weighted by Gasteiger charge is 2.15. The molecule has 0 aliphatic carbocycles. The molecule has 5 nitrogen and oxygen atoms in total. The first-order valence-corrected chi connectivity index (χ1v) is 9.28. The van der Waals surface area contributed by atoms with E-state index in [2.05, 4.69) is 14.9 Å². The van der Waals surface area contributed by atoms with Crippen LogP contribution in [0, 0.1) is 6.92 Å². The molecule has 0 unspecified atom stereocenters. The number of hydrogen-bond acceptors (Lipinski definition) is 5. The number of carbonyl (C=O) groups excluding carboxylic acids is 1. The normalized spacial score (nSPS) is 14.3. The first kappa shape index (κ1) is 17.9. The third-order valence-corrected chi connectivity index (χ3v) is 5.27. The van der Waals surface area contributed by atoms with Crippen LogP contribution in [0.5, 0.6) is 0 Å². The second kappa shape index (κ2) is 7.99. The van der Waals surface area contributed by atoms with Gasteiger partial charge in [-0.05, 0) is 60.8 Å². The predicted molar refractivity (Wildman–Crippen MR) is 106 cm³/mol. The molecule has 1 aliphatic rings. The van der Waals surface area contributed by atoms with Crippen molar-refractivity contribution in [3.63, 3.8) is 0 Å². The Hall–Kier alpha value is -1.89. The average molecular weight is 378 g/mol. The lowest BCUT2D eigenvalue weighted by atomic mass is 10.1. The van der Waals surface area contributed by atoms with Gasteiger partial charge >= 0.3 is 0 Å². The van der Waals surface area contributed by atoms with Gasteiger partial charge in [0.15, 0.2) is 0 Å². The maximum Gasteiger partial charge on any atom is 0.255 e. The Balaban J connectivity index is 1.75. The van der Waals surface area contributed by atoms with Crippen LogP contribution < -0.4 is 14.9 Å². The van der Waals surface area contributed by atoms with Crippen molar-refractivity contribution in [3.05, 3.63) is 52.5 Å². The van der Waals surface area contributed by atoms with E-state index in [-0.39, 0.29) is 5.91 Å². The molecule has 2 aromatic rings. The van der Waals surface area contributed by atoms with Crippen molar-refractivity contribution in [3.8, 4) is 0 Å². The molecule has 132 valence electrons. The topological polar surface area (TPSA) is 53.6 Å². The highest BCUT2D eigenvalue weighted by atomic mass is 35.5. The number of benzene rings is 2. The number of hydrogen-bond donors (Lipinski definition) is 2. The van der Waals surface area contributed by atoms with E-state index in [0.29, 0.717) is 22.2 Å². The van der Waals surface area contributed by atoms with Crippen LogP contribution >= 0.6 is 23.5 Å². The van der Waals surface area contributed by atoms with E-state index in [1.54, 1.807) is 31.1 Å². The summed E-state index contributed by atoms with van der Waals surface area (Å²) >= 11 is 7.71. The molecule has 1 fully saturated rings. The number of halogens is 1. The van der Waals surface area contributed by atoms with Crippen molar-refractivity contribution in [2.24, 2.45) is 0 Å². The van der Waals surface area contributed by atoms with Crippen LogP contribution in [0.15, 0.2) is 36.4 Å². The highest BCUT2D eigenvalue weighted by Crippen LogP contribution is 2.28. The van der Waals surface area contributed by atoms with Gasteiger partial charge in [-0.15, -0.1) is 0 Å². The van der Waals surface area contributed by atoms with Gasteiger partial charge in [0.1, 0.15) is 5.94 Å². The van der Waals surface area contributed by atoms with E-state index in [0.717, 1.165) is 30.1 Å². The predicted octanol–water partition coefficient (Wildman–Crippen LogP) is 4.38. The number of nitrogens with one attached hydrogen (secondary N) is 2. The summed E-state index contributed by atoms with van der Waals surface area (Å²) in [7, 11) is 1.79. The van der Waals surface area contributed by atoms with Crippen molar-refractivity contribution >= 4 is 46.5 Å². The van der Waals surface area contributed by atoms with Gasteiger partial charge in [-0.25, -0.2) is 0 Å². The smallest absolute Gasteiger partial charge is 0.255 e. The molecule has 2 aromatic carbocycles. The fraction of sp³-hybridized carbons (Fsp3) is 0.278. The van der Waals surface area contributed by atoms with Crippen molar-refractivity contribution in [2.45, 2.75) is 6.92 Å². The molecule has 1 heterocycles. The number of rotatable bonds is 4. The van der Waals surface area contributed by atoms with E-state index >= 15 is 0 Å². The molecule has 0 aromatic heterocycles. The number of ether oxygens (including phenoxy) is 1. The molecule has 1 aliphatic heterocycles. The molecule has 2 N–H and O–H groups in total. The van der Waals surface area contributed by atoms with E-state index in [1.165, 1.54) is 0 Å². The Kier molecular flexibility index (Phi) is 5.73. The molecule has 0 spiro atoms. The summed E-state index contributed by atoms with van der Waals surface area (Å²) in [5.74, 6) is 0.522. The molecular weight excluding hydrogens is 358 g/mol. The third kappa shape index (κ3) is 4.21. The zero-order valence-corrected chi connectivity index (χ0v) is 15.7. The lowest BCUT2D eigenvalue weighted by molar-refractivity contribution is 0.102. The van der Waals surface area contributed by atoms with E-state index in [1.807, 2.05) is 31.2 Å². The summed E-state index contributed by atoms with van der Waals surface area (Å²) in [5, 5.41) is 6.54. The van der Waals surface area contributed by atoms with Gasteiger partial charge in [-0.2, -0.15) is 0 Å². The van der Waals surface area contributed by atoms with Crippen LogP contribution in [0.25, 0.3) is 0 Å². The summed E-state index contributed by atoms with van der Waals surface area (Å²) < 4.78 is 7.54. The largest absolute Gasteiger partial charge is 0.387 e. The summed E-state index contributed by atoms with van der Waals surface area (Å²) in [6.07, 6.45) is 0. The summed E-state index contributed by atoms with van der Waals surface area (Å²) in [5.41, 5.74) is 4.15. The van der Waals surface area contributed by atoms with Gasteiger partial charge in [0.25, 0.3) is 5.91 Å². The van der Waals surface area contributed by atoms with E-state index in [4.69, 9.17) is 16.3 Å². The SMILES string of the molecule is CNc1cc(NC(=O)c2ccc(N3CCOCS3)cc2C)ccc1Cl. The Bertz CT molecular complexity index is 779. The third-order valence-electron chi connectivity index (χ3n) is 3.97. The minimum Gasteiger partial charge on any atom is -0.387 e. The summed E-state index contributed by atoms with van der Waals surface area (Å²) in [4.78, 5) is 12.6. The minimum atomic E-state index is -0.136. The second-order valence-electron chi connectivity index (χ2n) is 5.66. The molecule has 0 bridgehead atoms. The van der Waals surface area contributed by atoms with Gasteiger partial charge in [0, 0.05) is 24.0 Å². The lowest BCUT2D eigenvalue weighted by Gasteiger charge is -2.27. The monoisotopic (exact) mass is 377 g/mol. The highest BCUT2D eigenvalue weighted by molar-refractivity contribution is 8.00. The molecule has 1 amide bonds. The quantitative estimate of drug-likeness (QED) is 0.774. The zero-order valence-electron chi connectivity index (χ0n) is 14.1. The van der Waals surface area contributed by atoms with Crippen LogP contribution in [0.4, 0.5) is 17.1 Å². The van der Waals surface area contributed by atoms with Gasteiger partial charge < -0.3 is 19.7 Å². The van der Waals surface area contributed by atoms with Gasteiger partial charge in [0.05, 0.1) is 23.9 Å². The Morgan fingerprint density at radius 1 is 1.28 bits per heavy atom. The van der Waals surface area contributed by atoms with Crippen LogP contribution in [0.1, 0.15) is 15.9 Å². The molecule has 25 heavy (non-hydrogen) atoms. The fourth-order valence-corrected chi connectivity index (χ4v) is 3.62. The number of carbonyl (C=O) groups is 1. The number of aryl methyl sites for hydroxylation is 1. The van der Waals surface area contributed by atoms with Crippen LogP contribution in [-0.4, -0.2) is 32.0 Å². The molecule has 0 radical (unpaired) electrons. The molecule has 1 saturated heterocycles. The second-order valence-corrected chi connectivity index (χ2v) is 7.00. The van der Waals surface area contributed by atoms with Crippen molar-refractivity contribution in [1.29, 1.82) is 0 Å². The first-order chi connectivity index (χ1) is 12.1. The molecule has 0 atom stereocenters. The van der Waals surface area contributed by atoms with Gasteiger partial charge in [-0.1, -0.05) is 11.6 Å². The van der Waals surface area contributed by atoms with Crippen LogP contribution in [-0.2, 0) is 4.74 Å². The first-order valence-electron chi connectivity index (χ1n) is 7.96. The van der Waals surface area contributed by atoms with Crippen LogP contribution in [0.3, 0.4) is 0 Å². The number of amides is 1. The van der Waals surface area contributed by atoms with Gasteiger partial charge in [0.2, 0.25) is 0 Å². The minimum absolute atomic E-state index is 0.136. The van der Waals surface area contributed by atoms with Crippen molar-refractivity contribution < 1.29 is 9.53 Å². The van der Waals surface area contributed by atoms with Gasteiger partial charge in [-0.3, -0.25) is 4.79 Å². The van der Waals surface area contributed by atoms with Crippen LogP contribution in [0.2, 0.25) is 5.02 Å². The Morgan fingerprint density at radius 3 is 2.80 bits per heavy atom. The number of anilines is 3. The maximum atomic E-state index is 12.6. The average Bonchev–Trinajstić information content (AvgIpc) is 2.63. The molecule has 7 heteroatoms. The fourth-order valence-electron chi connectivity index (χ4n) is 2.63. The maximum absolute atomic E-state index is 12.6.